The lowest BCUT2D eigenvalue weighted by Gasteiger charge is -1.78. The number of carbonyl (C=O) groups excluding carboxylic acids is 2. The molecule has 0 saturated carbocycles. The molecule has 0 aromatic rings. The van der Waals surface area contributed by atoms with Gasteiger partial charge in [-0.25, -0.2) is 0 Å². The van der Waals surface area contributed by atoms with Gasteiger partial charge in [0, 0.05) is 13.0 Å². The molecule has 38 valence electrons. The first-order valence-electron chi connectivity index (χ1n) is 2.50. The van der Waals surface area contributed by atoms with E-state index in [2.05, 4.69) is 0 Å². The smallest absolute Gasteiger partial charge is 0.287 e. The summed E-state index contributed by atoms with van der Waals surface area (Å²) >= 11 is 0. The molecular weight excluding hydrogens is 94.0 g/mol. The monoisotopic (exact) mass is 100 g/mol. The number of ketones is 1. The normalized spacial score (nSPS) is 23.4. The largest absolute Gasteiger partial charge is 0.349 e. The van der Waals surface area contributed by atoms with Crippen LogP contribution in [0.2, 0.25) is 1.41 Å². The van der Waals surface area contributed by atoms with E-state index in [4.69, 9.17) is 1.41 Å². The van der Waals surface area contributed by atoms with Gasteiger partial charge < -0.3 is 5.31 Å². The molecule has 3 heteroatoms. The van der Waals surface area contributed by atoms with Crippen LogP contribution < -0.4 is 5.31 Å². The maximum absolute atomic E-state index is 10.3. The lowest BCUT2D eigenvalue weighted by atomic mass is 10.3. The highest BCUT2D eigenvalue weighted by Crippen LogP contribution is 1.88. The third-order valence-electron chi connectivity index (χ3n) is 0.833. The van der Waals surface area contributed by atoms with E-state index >= 15 is 0 Å². The predicted molar refractivity (Wildman–Crippen MR) is 22.6 cm³/mol. The highest BCUT2D eigenvalue weighted by Gasteiger charge is 2.18. The fourth-order valence-electron chi connectivity index (χ4n) is 0.454. The maximum Gasteiger partial charge on any atom is 0.287 e. The first kappa shape index (κ1) is 3.18. The first-order chi connectivity index (χ1) is 3.72. The third kappa shape index (κ3) is 0.607. The van der Waals surface area contributed by atoms with Crippen LogP contribution in [0.25, 0.3) is 0 Å². The molecule has 1 saturated heterocycles. The van der Waals surface area contributed by atoms with E-state index in [9.17, 15) is 9.59 Å². The predicted octanol–water partition coefficient (Wildman–Crippen LogP) is -0.925. The van der Waals surface area contributed by atoms with Gasteiger partial charge in [-0.05, 0) is 0 Å². The molecule has 1 heterocycles. The Morgan fingerprint density at radius 3 is 2.57 bits per heavy atom. The number of hydrogen-bond acceptors (Lipinski definition) is 2. The molecule has 0 atom stereocenters. The summed E-state index contributed by atoms with van der Waals surface area (Å²) in [6.45, 7) is 0.262. The topological polar surface area (TPSA) is 46.2 Å². The Labute approximate surface area is 42.2 Å². The van der Waals surface area contributed by atoms with Crippen molar-refractivity contribution in [1.82, 2.24) is 5.31 Å². The number of carbonyl (C=O) groups is 2. The van der Waals surface area contributed by atoms with Gasteiger partial charge >= 0.3 is 0 Å². The molecule has 0 spiro atoms. The summed E-state index contributed by atoms with van der Waals surface area (Å²) < 4.78 is 6.73. The summed E-state index contributed by atoms with van der Waals surface area (Å²) in [6.07, 6.45) is 0.211. The van der Waals surface area contributed by atoms with Crippen LogP contribution in [-0.2, 0) is 9.59 Å². The van der Waals surface area contributed by atoms with Crippen molar-refractivity contribution in [3.05, 3.63) is 0 Å². The minimum Gasteiger partial charge on any atom is -0.349 e. The second-order valence-corrected chi connectivity index (χ2v) is 1.36. The minimum absolute atomic E-state index is 0.211. The van der Waals surface area contributed by atoms with Crippen molar-refractivity contribution in [3.8, 4) is 0 Å². The van der Waals surface area contributed by atoms with Gasteiger partial charge in [0.1, 0.15) is 0 Å². The van der Waals surface area contributed by atoms with Crippen LogP contribution in [0.5, 0.6) is 0 Å². The zero-order valence-electron chi connectivity index (χ0n) is 4.68. The number of rotatable bonds is 0. The zero-order valence-corrected chi connectivity index (χ0v) is 3.68. The lowest BCUT2D eigenvalue weighted by molar-refractivity contribution is -0.135. The summed E-state index contributed by atoms with van der Waals surface area (Å²) in [5.41, 5.74) is 0. The van der Waals surface area contributed by atoms with Crippen molar-refractivity contribution < 1.29 is 11.0 Å². The molecule has 7 heavy (non-hydrogen) atoms. The van der Waals surface area contributed by atoms with E-state index in [1.807, 2.05) is 0 Å². The van der Waals surface area contributed by atoms with Crippen molar-refractivity contribution in [1.29, 1.82) is 0 Å². The summed E-state index contributed by atoms with van der Waals surface area (Å²) in [7, 11) is 0. The molecule has 1 aliphatic rings. The molecule has 1 amide bonds. The van der Waals surface area contributed by atoms with E-state index in [-0.39, 0.29) is 13.0 Å². The first-order valence-corrected chi connectivity index (χ1v) is 2.05. The Kier molecular flexibility index (Phi) is 0.604. The summed E-state index contributed by atoms with van der Waals surface area (Å²) in [5, 5.41) is 0.683. The van der Waals surface area contributed by atoms with Crippen molar-refractivity contribution in [2.75, 3.05) is 6.54 Å². The lowest BCUT2D eigenvalue weighted by Crippen LogP contribution is -2.18. The van der Waals surface area contributed by atoms with Gasteiger partial charge in [-0.3, -0.25) is 9.59 Å². The van der Waals surface area contributed by atoms with Gasteiger partial charge in [0.05, 0.1) is 0 Å². The van der Waals surface area contributed by atoms with Crippen LogP contribution in [0.3, 0.4) is 0 Å². The maximum atomic E-state index is 10.3. The molecule has 1 aliphatic heterocycles. The fourth-order valence-corrected chi connectivity index (χ4v) is 0.454. The molecule has 1 rings (SSSR count). The standard InChI is InChI=1S/C4H5NO2/c6-3-1-2-5-4(3)7/h1-2H2,(H,5,7)/i/hD. The van der Waals surface area contributed by atoms with Crippen LogP contribution >= 0.6 is 0 Å². The second-order valence-electron chi connectivity index (χ2n) is 1.36. The van der Waals surface area contributed by atoms with Crippen molar-refractivity contribution >= 4 is 11.7 Å². The average molecular weight is 100 g/mol. The van der Waals surface area contributed by atoms with Gasteiger partial charge in [-0.15, -0.1) is 0 Å². The Balaban J connectivity index is 2.71. The SMILES string of the molecule is [2H]N1CCC(=O)C1=O. The second kappa shape index (κ2) is 1.33. The highest BCUT2D eigenvalue weighted by atomic mass is 16.2. The van der Waals surface area contributed by atoms with Crippen molar-refractivity contribution in [2.24, 2.45) is 0 Å². The number of hydrogen-bond donors (Lipinski definition) is 1. The van der Waals surface area contributed by atoms with E-state index in [0.29, 0.717) is 5.31 Å². The van der Waals surface area contributed by atoms with Gasteiger partial charge in [0.15, 0.2) is 1.41 Å². The average Bonchev–Trinajstić information content (AvgIpc) is 1.98. The molecule has 1 fully saturated rings. The van der Waals surface area contributed by atoms with Gasteiger partial charge in [-0.1, -0.05) is 0 Å². The van der Waals surface area contributed by atoms with Crippen LogP contribution in [0.1, 0.15) is 6.42 Å². The van der Waals surface area contributed by atoms with Crippen LogP contribution in [0.15, 0.2) is 0 Å². The molecular formula is C4H5NO2. The van der Waals surface area contributed by atoms with Crippen molar-refractivity contribution in [3.63, 3.8) is 0 Å². The molecule has 0 bridgehead atoms. The number of nitrogens with one attached hydrogen (secondary N) is 1. The Hall–Kier alpha value is -0.860. The molecule has 0 aromatic heterocycles. The van der Waals surface area contributed by atoms with Crippen molar-refractivity contribution in [2.45, 2.75) is 6.42 Å². The Bertz CT molecular complexity index is 145. The molecule has 3 nitrogen and oxygen atoms in total. The summed E-state index contributed by atoms with van der Waals surface area (Å²) in [5.74, 6) is -1.12. The molecule has 0 aromatic carbocycles. The third-order valence-corrected chi connectivity index (χ3v) is 0.833. The van der Waals surface area contributed by atoms with Gasteiger partial charge in [0.2, 0.25) is 5.78 Å². The van der Waals surface area contributed by atoms with Crippen LogP contribution in [0, 0.1) is 0 Å². The van der Waals surface area contributed by atoms with E-state index in [0.717, 1.165) is 0 Å². The van der Waals surface area contributed by atoms with Gasteiger partial charge in [0.25, 0.3) is 5.91 Å². The summed E-state index contributed by atoms with van der Waals surface area (Å²) in [4.78, 5) is 20.6. The van der Waals surface area contributed by atoms with Gasteiger partial charge in [-0.2, -0.15) is 0 Å². The Morgan fingerprint density at radius 1 is 1.71 bits per heavy atom. The number of amides is 1. The molecule has 0 unspecified atom stereocenters. The van der Waals surface area contributed by atoms with E-state index in [1.165, 1.54) is 0 Å². The van der Waals surface area contributed by atoms with Crippen LogP contribution in [0.4, 0.5) is 0 Å². The molecule has 1 N–H and O–H groups in total. The number of Topliss-reactive ketones (excluding diaryl/α,β-unsaturated/α-hetero) is 1. The fraction of sp³-hybridized carbons (Fsp3) is 0.500. The molecule has 0 aliphatic carbocycles. The van der Waals surface area contributed by atoms with Crippen LogP contribution in [-0.4, -0.2) is 18.2 Å². The van der Waals surface area contributed by atoms with E-state index in [1.54, 1.807) is 0 Å². The Morgan fingerprint density at radius 2 is 2.43 bits per heavy atom. The zero-order chi connectivity index (χ0) is 6.15. The quantitative estimate of drug-likeness (QED) is 0.400. The minimum atomic E-state index is -0.676. The highest BCUT2D eigenvalue weighted by molar-refractivity contribution is 6.37. The van der Waals surface area contributed by atoms with E-state index < -0.39 is 11.7 Å². The molecule has 0 radical (unpaired) electrons. The summed E-state index contributed by atoms with van der Waals surface area (Å²) in [6, 6.07) is 0.